The number of aryl methyl sites for hydroxylation is 1. The van der Waals surface area contributed by atoms with Crippen molar-refractivity contribution < 1.29 is 4.74 Å². The maximum absolute atomic E-state index is 5.72. The topological polar surface area (TPSA) is 21.3 Å². The summed E-state index contributed by atoms with van der Waals surface area (Å²) in [5.74, 6) is 0.971. The average molecular weight is 376 g/mol. The summed E-state index contributed by atoms with van der Waals surface area (Å²) in [4.78, 5) is 0. The second-order valence-electron chi connectivity index (χ2n) is 8.01. The Balaban J connectivity index is 1.71. The van der Waals surface area contributed by atoms with E-state index in [2.05, 4.69) is 31.3 Å². The lowest BCUT2D eigenvalue weighted by Gasteiger charge is -2.08. The van der Waals surface area contributed by atoms with Gasteiger partial charge < -0.3 is 10.1 Å². The Kier molecular flexibility index (Phi) is 16.3. The molecule has 0 fully saturated rings. The van der Waals surface area contributed by atoms with Crippen LogP contribution < -0.4 is 10.1 Å². The molecule has 0 aliphatic carbocycles. The van der Waals surface area contributed by atoms with Crippen LogP contribution in [0, 0.1) is 6.92 Å². The molecule has 0 saturated heterocycles. The van der Waals surface area contributed by atoms with Crippen molar-refractivity contribution in [3.8, 4) is 5.75 Å². The van der Waals surface area contributed by atoms with E-state index in [0.717, 1.165) is 25.4 Å². The van der Waals surface area contributed by atoms with Crippen LogP contribution in [0.4, 0.5) is 0 Å². The lowest BCUT2D eigenvalue weighted by Crippen LogP contribution is -2.22. The van der Waals surface area contributed by atoms with E-state index in [4.69, 9.17) is 4.74 Å². The third-order valence-corrected chi connectivity index (χ3v) is 5.28. The molecule has 0 saturated carbocycles. The van der Waals surface area contributed by atoms with Gasteiger partial charge >= 0.3 is 0 Å². The first kappa shape index (κ1) is 24.0. The molecule has 0 aliphatic rings. The molecule has 0 spiro atoms. The monoisotopic (exact) mass is 375 g/mol. The van der Waals surface area contributed by atoms with E-state index in [1.54, 1.807) is 0 Å². The van der Waals surface area contributed by atoms with Gasteiger partial charge in [0.2, 0.25) is 0 Å². The van der Waals surface area contributed by atoms with Crippen LogP contribution in [-0.2, 0) is 0 Å². The molecule has 1 aromatic rings. The lowest BCUT2D eigenvalue weighted by molar-refractivity contribution is 0.313. The average Bonchev–Trinajstić information content (AvgIpc) is 2.68. The number of ether oxygens (including phenoxy) is 1. The standard InChI is InChI=1S/C25H45NO/c1-3-4-5-6-7-8-9-10-11-12-13-14-15-16-21-26-22-23-27-25-19-17-24(2)18-20-25/h17-20,26H,3-16,21-23H2,1-2H3. The van der Waals surface area contributed by atoms with E-state index >= 15 is 0 Å². The highest BCUT2D eigenvalue weighted by molar-refractivity contribution is 5.26. The second kappa shape index (κ2) is 18.3. The molecule has 0 unspecified atom stereocenters. The third kappa shape index (κ3) is 15.7. The maximum atomic E-state index is 5.72. The Labute approximate surface area is 169 Å². The van der Waals surface area contributed by atoms with Gasteiger partial charge in [0.15, 0.2) is 0 Å². The van der Waals surface area contributed by atoms with Crippen molar-refractivity contribution in [3.05, 3.63) is 29.8 Å². The van der Waals surface area contributed by atoms with Gasteiger partial charge in [0.1, 0.15) is 12.4 Å². The summed E-state index contributed by atoms with van der Waals surface area (Å²) in [5.41, 5.74) is 1.28. The van der Waals surface area contributed by atoms with Gasteiger partial charge in [-0.05, 0) is 32.0 Å². The van der Waals surface area contributed by atoms with E-state index in [1.165, 1.54) is 95.5 Å². The Hall–Kier alpha value is -1.02. The molecular formula is C25H45NO. The Morgan fingerprint density at radius 3 is 1.63 bits per heavy atom. The van der Waals surface area contributed by atoms with Crippen molar-refractivity contribution >= 4 is 0 Å². The van der Waals surface area contributed by atoms with E-state index in [9.17, 15) is 0 Å². The molecule has 1 aromatic carbocycles. The van der Waals surface area contributed by atoms with Crippen molar-refractivity contribution in [2.24, 2.45) is 0 Å². The van der Waals surface area contributed by atoms with Crippen molar-refractivity contribution in [3.63, 3.8) is 0 Å². The molecule has 2 nitrogen and oxygen atoms in total. The molecule has 0 aromatic heterocycles. The largest absolute Gasteiger partial charge is 0.492 e. The number of benzene rings is 1. The van der Waals surface area contributed by atoms with Crippen molar-refractivity contribution in [1.29, 1.82) is 0 Å². The predicted molar refractivity (Wildman–Crippen MR) is 120 cm³/mol. The molecule has 0 bridgehead atoms. The van der Waals surface area contributed by atoms with Crippen LogP contribution in [-0.4, -0.2) is 19.7 Å². The first-order valence-electron chi connectivity index (χ1n) is 11.7. The SMILES string of the molecule is CCCCCCCCCCCCCCCCNCCOc1ccc(C)cc1. The van der Waals surface area contributed by atoms with Crippen LogP contribution in [0.2, 0.25) is 0 Å². The van der Waals surface area contributed by atoms with Gasteiger partial charge in [-0.1, -0.05) is 108 Å². The van der Waals surface area contributed by atoms with Gasteiger partial charge in [0, 0.05) is 6.54 Å². The Morgan fingerprint density at radius 1 is 0.630 bits per heavy atom. The molecule has 0 heterocycles. The van der Waals surface area contributed by atoms with E-state index < -0.39 is 0 Å². The van der Waals surface area contributed by atoms with E-state index in [0.29, 0.717) is 0 Å². The highest BCUT2D eigenvalue weighted by Crippen LogP contribution is 2.13. The fraction of sp³-hybridized carbons (Fsp3) is 0.760. The van der Waals surface area contributed by atoms with Crippen molar-refractivity contribution in [2.45, 2.75) is 104 Å². The zero-order valence-corrected chi connectivity index (χ0v) is 18.2. The summed E-state index contributed by atoms with van der Waals surface area (Å²) in [6, 6.07) is 8.28. The van der Waals surface area contributed by atoms with Crippen LogP contribution in [0.1, 0.15) is 102 Å². The summed E-state index contributed by atoms with van der Waals surface area (Å²) in [7, 11) is 0. The first-order chi connectivity index (χ1) is 13.3. The molecule has 0 radical (unpaired) electrons. The molecule has 1 N–H and O–H groups in total. The second-order valence-corrected chi connectivity index (χ2v) is 8.01. The zero-order valence-electron chi connectivity index (χ0n) is 18.2. The molecule has 27 heavy (non-hydrogen) atoms. The lowest BCUT2D eigenvalue weighted by atomic mass is 10.0. The van der Waals surface area contributed by atoms with Crippen LogP contribution in [0.15, 0.2) is 24.3 Å². The summed E-state index contributed by atoms with van der Waals surface area (Å²) in [6.07, 6.45) is 19.9. The minimum Gasteiger partial charge on any atom is -0.492 e. The Morgan fingerprint density at radius 2 is 1.11 bits per heavy atom. The minimum atomic E-state index is 0.752. The number of hydrogen-bond acceptors (Lipinski definition) is 2. The van der Waals surface area contributed by atoms with Gasteiger partial charge in [-0.15, -0.1) is 0 Å². The smallest absolute Gasteiger partial charge is 0.119 e. The Bertz CT molecular complexity index is 415. The quantitative estimate of drug-likeness (QED) is 0.254. The molecule has 2 heteroatoms. The molecule has 156 valence electrons. The summed E-state index contributed by atoms with van der Waals surface area (Å²) in [5, 5.41) is 3.49. The molecule has 1 rings (SSSR count). The highest BCUT2D eigenvalue weighted by Gasteiger charge is 1.95. The molecule has 0 aliphatic heterocycles. The van der Waals surface area contributed by atoms with Gasteiger partial charge in [0.25, 0.3) is 0 Å². The van der Waals surface area contributed by atoms with Gasteiger partial charge in [-0.25, -0.2) is 0 Å². The van der Waals surface area contributed by atoms with Gasteiger partial charge in [-0.3, -0.25) is 0 Å². The van der Waals surface area contributed by atoms with Crippen LogP contribution in [0.5, 0.6) is 5.75 Å². The number of hydrogen-bond donors (Lipinski definition) is 1. The van der Waals surface area contributed by atoms with Crippen LogP contribution in [0.25, 0.3) is 0 Å². The molecular weight excluding hydrogens is 330 g/mol. The summed E-state index contributed by atoms with van der Waals surface area (Å²) in [6.45, 7) is 7.20. The fourth-order valence-corrected chi connectivity index (χ4v) is 3.45. The first-order valence-corrected chi connectivity index (χ1v) is 11.7. The maximum Gasteiger partial charge on any atom is 0.119 e. The van der Waals surface area contributed by atoms with Gasteiger partial charge in [-0.2, -0.15) is 0 Å². The normalized spacial score (nSPS) is 11.0. The predicted octanol–water partition coefficient (Wildman–Crippen LogP) is 7.44. The van der Waals surface area contributed by atoms with Gasteiger partial charge in [0.05, 0.1) is 0 Å². The minimum absolute atomic E-state index is 0.752. The van der Waals surface area contributed by atoms with E-state index in [1.807, 2.05) is 12.1 Å². The summed E-state index contributed by atoms with van der Waals surface area (Å²) < 4.78 is 5.72. The number of rotatable bonds is 19. The highest BCUT2D eigenvalue weighted by atomic mass is 16.5. The number of nitrogens with one attached hydrogen (secondary N) is 1. The third-order valence-electron chi connectivity index (χ3n) is 5.28. The number of unbranched alkanes of at least 4 members (excludes halogenated alkanes) is 13. The molecule has 0 atom stereocenters. The van der Waals surface area contributed by atoms with E-state index in [-0.39, 0.29) is 0 Å². The van der Waals surface area contributed by atoms with Crippen LogP contribution in [0.3, 0.4) is 0 Å². The molecule has 0 amide bonds. The van der Waals surface area contributed by atoms with Crippen LogP contribution >= 0.6 is 0 Å². The summed E-state index contributed by atoms with van der Waals surface area (Å²) >= 11 is 0. The van der Waals surface area contributed by atoms with Crippen molar-refractivity contribution in [1.82, 2.24) is 5.32 Å². The zero-order chi connectivity index (χ0) is 19.4. The fourth-order valence-electron chi connectivity index (χ4n) is 3.45. The van der Waals surface area contributed by atoms with Crippen molar-refractivity contribution in [2.75, 3.05) is 19.7 Å².